The number of hydrogen-bond acceptors (Lipinski definition) is 4. The fourth-order valence-electron chi connectivity index (χ4n) is 2.62. The summed E-state index contributed by atoms with van der Waals surface area (Å²) in [5.41, 5.74) is 0.475. The maximum Gasteiger partial charge on any atom is 0.265 e. The zero-order chi connectivity index (χ0) is 17.2. The summed E-state index contributed by atoms with van der Waals surface area (Å²) in [4.78, 5) is 13.0. The summed E-state index contributed by atoms with van der Waals surface area (Å²) in [6.45, 7) is 1.12. The van der Waals surface area contributed by atoms with Gasteiger partial charge in [-0.25, -0.2) is 8.42 Å². The number of nitrogens with zero attached hydrogens (tertiary/aromatic N) is 1. The predicted octanol–water partition coefficient (Wildman–Crippen LogP) is 3.94. The van der Waals surface area contributed by atoms with Crippen molar-refractivity contribution in [1.29, 1.82) is 0 Å². The molecular weight excluding hydrogens is 412 g/mol. The number of nitrogens with one attached hydrogen (secondary N) is 1. The van der Waals surface area contributed by atoms with E-state index in [0.29, 0.717) is 23.7 Å². The largest absolute Gasteiger partial charge is 0.321 e. The number of piperidine rings is 1. The lowest BCUT2D eigenvalue weighted by Crippen LogP contribution is -2.35. The molecule has 0 atom stereocenters. The maximum atomic E-state index is 12.7. The first-order chi connectivity index (χ1) is 11.5. The molecule has 1 aromatic carbocycles. The zero-order valence-corrected chi connectivity index (χ0v) is 16.1. The molecule has 1 aliphatic rings. The number of hydrogen-bond donors (Lipinski definition) is 1. The summed E-state index contributed by atoms with van der Waals surface area (Å²) >= 11 is 4.65. The second-order valence-electron chi connectivity index (χ2n) is 5.55. The molecule has 0 spiro atoms. The van der Waals surface area contributed by atoms with E-state index in [0.717, 1.165) is 23.0 Å². The Morgan fingerprint density at radius 1 is 1.12 bits per heavy atom. The molecule has 1 aromatic heterocycles. The molecule has 0 aliphatic carbocycles. The standard InChI is InChI=1S/C16H17BrN2O3S2/c17-15-8-7-14(23-15)16(20)18-12-5-4-6-13(11-12)24(21,22)19-9-2-1-3-10-19/h4-8,11H,1-3,9-10H2,(H,18,20). The summed E-state index contributed by atoms with van der Waals surface area (Å²) in [6.07, 6.45) is 2.85. The Balaban J connectivity index is 1.80. The Hall–Kier alpha value is -1.22. The highest BCUT2D eigenvalue weighted by Gasteiger charge is 2.26. The van der Waals surface area contributed by atoms with Crippen molar-refractivity contribution in [2.24, 2.45) is 0 Å². The predicted molar refractivity (Wildman–Crippen MR) is 99.0 cm³/mol. The van der Waals surface area contributed by atoms with Crippen LogP contribution >= 0.6 is 27.3 Å². The second kappa shape index (κ2) is 7.35. The van der Waals surface area contributed by atoms with Gasteiger partial charge in [-0.05, 0) is 59.1 Å². The van der Waals surface area contributed by atoms with Crippen LogP contribution in [0.3, 0.4) is 0 Å². The van der Waals surface area contributed by atoms with Gasteiger partial charge in [-0.1, -0.05) is 12.5 Å². The van der Waals surface area contributed by atoms with Gasteiger partial charge in [-0.15, -0.1) is 11.3 Å². The lowest BCUT2D eigenvalue weighted by molar-refractivity contribution is 0.103. The van der Waals surface area contributed by atoms with Gasteiger partial charge in [0, 0.05) is 18.8 Å². The van der Waals surface area contributed by atoms with E-state index in [1.54, 1.807) is 30.3 Å². The summed E-state index contributed by atoms with van der Waals surface area (Å²) in [5.74, 6) is -0.252. The van der Waals surface area contributed by atoms with Crippen molar-refractivity contribution in [1.82, 2.24) is 4.31 Å². The minimum atomic E-state index is -3.50. The quantitative estimate of drug-likeness (QED) is 0.801. The molecule has 2 heterocycles. The van der Waals surface area contributed by atoms with Crippen molar-refractivity contribution in [3.8, 4) is 0 Å². The minimum Gasteiger partial charge on any atom is -0.321 e. The van der Waals surface area contributed by atoms with Crippen LogP contribution in [0.2, 0.25) is 0 Å². The van der Waals surface area contributed by atoms with Crippen molar-refractivity contribution in [2.45, 2.75) is 24.2 Å². The van der Waals surface area contributed by atoms with Crippen molar-refractivity contribution in [3.05, 3.63) is 45.1 Å². The molecule has 1 saturated heterocycles. The average molecular weight is 429 g/mol. The van der Waals surface area contributed by atoms with Crippen LogP contribution in [0.4, 0.5) is 5.69 Å². The van der Waals surface area contributed by atoms with Crippen LogP contribution in [0.15, 0.2) is 45.1 Å². The molecule has 3 rings (SSSR count). The number of halogens is 1. The highest BCUT2D eigenvalue weighted by atomic mass is 79.9. The molecule has 2 aromatic rings. The highest BCUT2D eigenvalue weighted by Crippen LogP contribution is 2.25. The Bertz CT molecular complexity index is 843. The Morgan fingerprint density at radius 2 is 1.88 bits per heavy atom. The van der Waals surface area contributed by atoms with E-state index in [1.807, 2.05) is 0 Å². The SMILES string of the molecule is O=C(Nc1cccc(S(=O)(=O)N2CCCCC2)c1)c1ccc(Br)s1. The number of anilines is 1. The topological polar surface area (TPSA) is 66.5 Å². The number of amides is 1. The monoisotopic (exact) mass is 428 g/mol. The van der Waals surface area contributed by atoms with Crippen LogP contribution in [-0.4, -0.2) is 31.7 Å². The third-order valence-electron chi connectivity index (χ3n) is 3.84. The number of sulfonamides is 1. The first-order valence-electron chi connectivity index (χ1n) is 7.64. The third kappa shape index (κ3) is 3.88. The molecule has 5 nitrogen and oxygen atoms in total. The van der Waals surface area contributed by atoms with Crippen LogP contribution in [0.1, 0.15) is 28.9 Å². The van der Waals surface area contributed by atoms with Gasteiger partial charge in [0.25, 0.3) is 5.91 Å². The smallest absolute Gasteiger partial charge is 0.265 e. The highest BCUT2D eigenvalue weighted by molar-refractivity contribution is 9.11. The Labute approximate surface area is 153 Å². The molecule has 1 fully saturated rings. The average Bonchev–Trinajstić information content (AvgIpc) is 3.02. The fourth-order valence-corrected chi connectivity index (χ4v) is 5.46. The zero-order valence-electron chi connectivity index (χ0n) is 12.9. The fraction of sp³-hybridized carbons (Fsp3) is 0.312. The number of carbonyl (C=O) groups excluding carboxylic acids is 1. The molecule has 0 unspecified atom stereocenters. The van der Waals surface area contributed by atoms with Crippen molar-refractivity contribution >= 4 is 48.9 Å². The van der Waals surface area contributed by atoms with E-state index in [9.17, 15) is 13.2 Å². The lowest BCUT2D eigenvalue weighted by Gasteiger charge is -2.26. The van der Waals surface area contributed by atoms with Gasteiger partial charge in [0.2, 0.25) is 10.0 Å². The van der Waals surface area contributed by atoms with Crippen LogP contribution in [0.5, 0.6) is 0 Å². The maximum absolute atomic E-state index is 12.7. The Morgan fingerprint density at radius 3 is 2.54 bits per heavy atom. The van der Waals surface area contributed by atoms with Crippen molar-refractivity contribution < 1.29 is 13.2 Å². The van der Waals surface area contributed by atoms with Gasteiger partial charge in [0.1, 0.15) is 0 Å². The van der Waals surface area contributed by atoms with E-state index < -0.39 is 10.0 Å². The van der Waals surface area contributed by atoms with Gasteiger partial charge in [-0.2, -0.15) is 4.31 Å². The van der Waals surface area contributed by atoms with E-state index >= 15 is 0 Å². The molecule has 0 radical (unpaired) electrons. The van der Waals surface area contributed by atoms with Crippen LogP contribution in [0, 0.1) is 0 Å². The first-order valence-corrected chi connectivity index (χ1v) is 10.7. The number of carbonyl (C=O) groups is 1. The van der Waals surface area contributed by atoms with Gasteiger partial charge in [0.15, 0.2) is 0 Å². The van der Waals surface area contributed by atoms with Gasteiger partial charge >= 0.3 is 0 Å². The molecular formula is C16H17BrN2O3S2. The molecule has 1 N–H and O–H groups in total. The van der Waals surface area contributed by atoms with Gasteiger partial charge < -0.3 is 5.32 Å². The second-order valence-corrected chi connectivity index (χ2v) is 9.95. The number of rotatable bonds is 4. The van der Waals surface area contributed by atoms with E-state index in [1.165, 1.54) is 21.7 Å². The lowest BCUT2D eigenvalue weighted by atomic mass is 10.2. The van der Waals surface area contributed by atoms with Crippen molar-refractivity contribution in [2.75, 3.05) is 18.4 Å². The van der Waals surface area contributed by atoms with E-state index in [4.69, 9.17) is 0 Å². The molecule has 1 amide bonds. The molecule has 0 saturated carbocycles. The summed E-state index contributed by atoms with van der Waals surface area (Å²) in [7, 11) is -3.50. The molecule has 24 heavy (non-hydrogen) atoms. The first kappa shape index (κ1) is 17.6. The Kier molecular flexibility index (Phi) is 5.39. The van der Waals surface area contributed by atoms with Gasteiger partial charge in [-0.3, -0.25) is 4.79 Å². The number of benzene rings is 1. The van der Waals surface area contributed by atoms with E-state index in [-0.39, 0.29) is 10.8 Å². The summed E-state index contributed by atoms with van der Waals surface area (Å²) < 4.78 is 27.8. The van der Waals surface area contributed by atoms with Gasteiger partial charge in [0.05, 0.1) is 13.6 Å². The molecule has 8 heteroatoms. The van der Waals surface area contributed by atoms with E-state index in [2.05, 4.69) is 21.2 Å². The van der Waals surface area contributed by atoms with Crippen LogP contribution < -0.4 is 5.32 Å². The molecule has 0 bridgehead atoms. The molecule has 1 aliphatic heterocycles. The van der Waals surface area contributed by atoms with Crippen molar-refractivity contribution in [3.63, 3.8) is 0 Å². The number of thiophene rings is 1. The summed E-state index contributed by atoms with van der Waals surface area (Å²) in [6, 6.07) is 9.95. The minimum absolute atomic E-state index is 0.217. The third-order valence-corrected chi connectivity index (χ3v) is 7.36. The van der Waals surface area contributed by atoms with Crippen LogP contribution in [-0.2, 0) is 10.0 Å². The summed E-state index contributed by atoms with van der Waals surface area (Å²) in [5, 5.41) is 2.75. The molecule has 128 valence electrons. The van der Waals surface area contributed by atoms with Crippen LogP contribution in [0.25, 0.3) is 0 Å². The normalized spacial score (nSPS) is 16.0.